The minimum atomic E-state index is -0.310. The summed E-state index contributed by atoms with van der Waals surface area (Å²) in [6.07, 6.45) is 5.20. The van der Waals surface area contributed by atoms with E-state index in [2.05, 4.69) is 27.9 Å². The summed E-state index contributed by atoms with van der Waals surface area (Å²) in [7, 11) is 2.05. The minimum absolute atomic E-state index is 0.0399. The highest BCUT2D eigenvalue weighted by Crippen LogP contribution is 2.30. The molecule has 3 aromatic rings. The van der Waals surface area contributed by atoms with Crippen molar-refractivity contribution < 1.29 is 14.6 Å². The van der Waals surface area contributed by atoms with E-state index in [0.717, 1.165) is 23.2 Å². The van der Waals surface area contributed by atoms with Crippen LogP contribution in [0.3, 0.4) is 0 Å². The summed E-state index contributed by atoms with van der Waals surface area (Å²) < 4.78 is 6.40. The first-order valence-corrected chi connectivity index (χ1v) is 11.7. The second-order valence-corrected chi connectivity index (χ2v) is 9.12. The molecule has 178 valence electrons. The molecule has 0 saturated carbocycles. The van der Waals surface area contributed by atoms with Crippen LogP contribution in [0.15, 0.2) is 67.1 Å². The van der Waals surface area contributed by atoms with Gasteiger partial charge in [0.1, 0.15) is 11.7 Å². The van der Waals surface area contributed by atoms with Crippen LogP contribution in [0.5, 0.6) is 5.88 Å². The van der Waals surface area contributed by atoms with Gasteiger partial charge in [0, 0.05) is 49.7 Å². The Labute approximate surface area is 201 Å². The molecule has 1 aromatic carbocycles. The summed E-state index contributed by atoms with van der Waals surface area (Å²) in [5.41, 5.74) is 3.39. The second kappa shape index (κ2) is 10.8. The van der Waals surface area contributed by atoms with Crippen LogP contribution < -0.4 is 4.74 Å². The van der Waals surface area contributed by atoms with Crippen LogP contribution in [-0.4, -0.2) is 69.7 Å². The maximum Gasteiger partial charge on any atom is 0.259 e. The maximum absolute atomic E-state index is 13.6. The Kier molecular flexibility index (Phi) is 7.55. The van der Waals surface area contributed by atoms with Crippen molar-refractivity contribution in [2.24, 2.45) is 5.92 Å². The third-order valence-corrected chi connectivity index (χ3v) is 6.30. The Balaban J connectivity index is 1.65. The Bertz CT molecular complexity index is 1090. The molecule has 0 bridgehead atoms. The molecule has 0 unspecified atom stereocenters. The summed E-state index contributed by atoms with van der Waals surface area (Å²) >= 11 is 0. The van der Waals surface area contributed by atoms with Crippen molar-refractivity contribution in [3.8, 4) is 17.0 Å². The number of amides is 1. The Morgan fingerprint density at radius 3 is 2.68 bits per heavy atom. The van der Waals surface area contributed by atoms with Crippen molar-refractivity contribution in [1.29, 1.82) is 0 Å². The number of benzene rings is 1. The van der Waals surface area contributed by atoms with Gasteiger partial charge in [0.05, 0.1) is 12.6 Å². The first-order chi connectivity index (χ1) is 16.5. The van der Waals surface area contributed by atoms with Gasteiger partial charge in [0.2, 0.25) is 5.88 Å². The molecule has 1 aliphatic heterocycles. The number of likely N-dealkylation sites (N-methyl/N-ethyl adjacent to an activating group) is 1. The van der Waals surface area contributed by atoms with Crippen molar-refractivity contribution in [3.05, 3.63) is 78.2 Å². The molecule has 4 rings (SSSR count). The predicted octanol–water partition coefficient (Wildman–Crippen LogP) is 3.50. The zero-order valence-electron chi connectivity index (χ0n) is 20.0. The van der Waals surface area contributed by atoms with Gasteiger partial charge in [-0.3, -0.25) is 14.7 Å². The van der Waals surface area contributed by atoms with Crippen LogP contribution in [0.2, 0.25) is 0 Å². The fourth-order valence-corrected chi connectivity index (χ4v) is 4.28. The van der Waals surface area contributed by atoms with Gasteiger partial charge in [-0.15, -0.1) is 0 Å². The predicted molar refractivity (Wildman–Crippen MR) is 131 cm³/mol. The average molecular weight is 461 g/mol. The van der Waals surface area contributed by atoms with E-state index in [9.17, 15) is 9.90 Å². The molecule has 0 fully saturated rings. The number of aromatic nitrogens is 2. The van der Waals surface area contributed by atoms with Gasteiger partial charge in [-0.25, -0.2) is 4.98 Å². The molecule has 3 heterocycles. The van der Waals surface area contributed by atoms with Crippen LogP contribution in [0.4, 0.5) is 0 Å². The van der Waals surface area contributed by atoms with Crippen molar-refractivity contribution in [3.63, 3.8) is 0 Å². The zero-order valence-corrected chi connectivity index (χ0v) is 20.0. The molecule has 3 atom stereocenters. The fraction of sp³-hybridized carbons (Fsp3) is 0.370. The summed E-state index contributed by atoms with van der Waals surface area (Å²) in [4.78, 5) is 26.3. The topological polar surface area (TPSA) is 78.8 Å². The molecule has 34 heavy (non-hydrogen) atoms. The Morgan fingerprint density at radius 1 is 1.18 bits per heavy atom. The molecule has 0 saturated heterocycles. The second-order valence-electron chi connectivity index (χ2n) is 9.12. The van der Waals surface area contributed by atoms with Gasteiger partial charge < -0.3 is 14.7 Å². The van der Waals surface area contributed by atoms with E-state index in [1.54, 1.807) is 17.3 Å². The number of fused-ring (bicyclic) bond motifs is 1. The smallest absolute Gasteiger partial charge is 0.259 e. The van der Waals surface area contributed by atoms with Crippen LogP contribution in [0.25, 0.3) is 11.1 Å². The molecule has 0 radical (unpaired) electrons. The van der Waals surface area contributed by atoms with Gasteiger partial charge in [-0.2, -0.15) is 0 Å². The third-order valence-electron chi connectivity index (χ3n) is 6.30. The first kappa shape index (κ1) is 23.9. The average Bonchev–Trinajstić information content (AvgIpc) is 2.86. The maximum atomic E-state index is 13.6. The van der Waals surface area contributed by atoms with E-state index in [1.807, 2.05) is 62.6 Å². The molecule has 2 aromatic heterocycles. The lowest BCUT2D eigenvalue weighted by Gasteiger charge is -2.37. The lowest BCUT2D eigenvalue weighted by molar-refractivity contribution is 0.0325. The number of aliphatic hydroxyl groups is 1. The lowest BCUT2D eigenvalue weighted by atomic mass is 9.99. The molecule has 7 nitrogen and oxygen atoms in total. The zero-order chi connectivity index (χ0) is 24.1. The summed E-state index contributed by atoms with van der Waals surface area (Å²) in [6, 6.07) is 15.4. The fourth-order valence-electron chi connectivity index (χ4n) is 4.28. The number of rotatable bonds is 7. The van der Waals surface area contributed by atoms with Crippen molar-refractivity contribution in [2.75, 3.05) is 26.7 Å². The molecule has 1 amide bonds. The van der Waals surface area contributed by atoms with E-state index in [1.165, 1.54) is 0 Å². The van der Waals surface area contributed by atoms with Crippen molar-refractivity contribution in [2.45, 2.75) is 32.5 Å². The van der Waals surface area contributed by atoms with Gasteiger partial charge in [0.25, 0.3) is 5.91 Å². The molecule has 7 heteroatoms. The molecule has 0 aliphatic carbocycles. The third kappa shape index (κ3) is 5.43. The quantitative estimate of drug-likeness (QED) is 0.582. The molecule has 1 N–H and O–H groups in total. The highest BCUT2D eigenvalue weighted by molar-refractivity contribution is 5.98. The highest BCUT2D eigenvalue weighted by atomic mass is 16.5. The van der Waals surface area contributed by atoms with E-state index >= 15 is 0 Å². The monoisotopic (exact) mass is 460 g/mol. The van der Waals surface area contributed by atoms with E-state index in [-0.39, 0.29) is 30.6 Å². The van der Waals surface area contributed by atoms with Gasteiger partial charge in [0.15, 0.2) is 0 Å². The number of hydrogen-bond acceptors (Lipinski definition) is 6. The summed E-state index contributed by atoms with van der Waals surface area (Å²) in [5.74, 6) is 0.208. The lowest BCUT2D eigenvalue weighted by Crippen LogP contribution is -2.49. The number of carbonyl (C=O) groups is 1. The summed E-state index contributed by atoms with van der Waals surface area (Å²) in [5, 5.41) is 9.85. The minimum Gasteiger partial charge on any atom is -0.472 e. The molecule has 1 aliphatic rings. The Morgan fingerprint density at radius 2 is 1.97 bits per heavy atom. The molecular weight excluding hydrogens is 428 g/mol. The molecular formula is C27H32N4O3. The number of aliphatic hydroxyl groups excluding tert-OH is 1. The molecule has 0 spiro atoms. The van der Waals surface area contributed by atoms with Crippen LogP contribution >= 0.6 is 0 Å². The normalized spacial score (nSPS) is 19.2. The number of pyridine rings is 2. The van der Waals surface area contributed by atoms with Gasteiger partial charge >= 0.3 is 0 Å². The first-order valence-electron chi connectivity index (χ1n) is 11.7. The van der Waals surface area contributed by atoms with E-state index in [0.29, 0.717) is 24.5 Å². The van der Waals surface area contributed by atoms with Crippen LogP contribution in [-0.2, 0) is 6.54 Å². The van der Waals surface area contributed by atoms with Gasteiger partial charge in [-0.05, 0) is 37.2 Å². The van der Waals surface area contributed by atoms with E-state index < -0.39 is 0 Å². The van der Waals surface area contributed by atoms with E-state index in [4.69, 9.17) is 4.74 Å². The number of carbonyl (C=O) groups excluding carboxylic acids is 1. The standard InChI is InChI=1S/C27H32N4O3/c1-19-15-31(20(2)18-32)27(33)24-12-23(22-9-5-4-6-10-22)14-29-26(24)34-25(19)17-30(3)16-21-8-7-11-28-13-21/h4-14,19-20,25,32H,15-18H2,1-3H3/t19-,20-,25-/m0/s1. The highest BCUT2D eigenvalue weighted by Gasteiger charge is 2.34. The van der Waals surface area contributed by atoms with Crippen LogP contribution in [0, 0.1) is 5.92 Å². The number of nitrogens with zero attached hydrogens (tertiary/aromatic N) is 4. The van der Waals surface area contributed by atoms with Crippen molar-refractivity contribution in [1.82, 2.24) is 19.8 Å². The largest absolute Gasteiger partial charge is 0.472 e. The van der Waals surface area contributed by atoms with Crippen LogP contribution in [0.1, 0.15) is 29.8 Å². The van der Waals surface area contributed by atoms with Crippen molar-refractivity contribution >= 4 is 5.91 Å². The van der Waals surface area contributed by atoms with Gasteiger partial charge in [-0.1, -0.05) is 43.3 Å². The Hall–Kier alpha value is -3.29. The number of hydrogen-bond donors (Lipinski definition) is 1. The number of ether oxygens (including phenoxy) is 1. The SMILES string of the molecule is C[C@H]1CN([C@@H](C)CO)C(=O)c2cc(-c3ccccc3)cnc2O[C@H]1CN(C)Cc1cccnc1. The summed E-state index contributed by atoms with van der Waals surface area (Å²) in [6.45, 7) is 5.73.